The molecule has 0 radical (unpaired) electrons. The van der Waals surface area contributed by atoms with Crippen LogP contribution in [0.15, 0.2) is 36.4 Å². The maximum absolute atomic E-state index is 6.03. The summed E-state index contributed by atoms with van der Waals surface area (Å²) in [4.78, 5) is 4.36. The number of benzene rings is 2. The van der Waals surface area contributed by atoms with E-state index in [9.17, 15) is 0 Å². The van der Waals surface area contributed by atoms with E-state index in [0.717, 1.165) is 16.7 Å². The van der Waals surface area contributed by atoms with Crippen molar-refractivity contribution in [3.8, 4) is 5.69 Å². The molecular formula is C15H14ClN3. The van der Waals surface area contributed by atoms with Crippen LogP contribution in [-0.4, -0.2) is 9.55 Å². The first-order valence-corrected chi connectivity index (χ1v) is 6.45. The van der Waals surface area contributed by atoms with Crippen LogP contribution in [0.3, 0.4) is 0 Å². The van der Waals surface area contributed by atoms with Crippen LogP contribution in [0.2, 0.25) is 5.02 Å². The van der Waals surface area contributed by atoms with Crippen LogP contribution in [0.1, 0.15) is 11.1 Å². The van der Waals surface area contributed by atoms with E-state index in [-0.39, 0.29) is 0 Å². The molecule has 2 aromatic carbocycles. The third kappa shape index (κ3) is 1.96. The first kappa shape index (κ1) is 12.1. The Hall–Kier alpha value is -2.00. The highest BCUT2D eigenvalue weighted by molar-refractivity contribution is 6.31. The molecule has 3 aromatic rings. The number of imidazole rings is 1. The highest BCUT2D eigenvalue weighted by Crippen LogP contribution is 2.26. The van der Waals surface area contributed by atoms with Crippen LogP contribution in [-0.2, 0) is 0 Å². The molecule has 96 valence electrons. The number of hydrogen-bond donors (Lipinski definition) is 1. The van der Waals surface area contributed by atoms with Gasteiger partial charge in [0, 0.05) is 10.7 Å². The smallest absolute Gasteiger partial charge is 0.205 e. The molecule has 3 rings (SSSR count). The van der Waals surface area contributed by atoms with E-state index in [2.05, 4.69) is 37.0 Å². The van der Waals surface area contributed by atoms with Gasteiger partial charge < -0.3 is 5.73 Å². The lowest BCUT2D eigenvalue weighted by Gasteiger charge is -2.09. The standard InChI is InChI=1S/C15H14ClN3/c1-9-3-5-12(7-10(9)2)19-14-6-4-11(16)8-13(14)18-15(19)17/h3-8H,1-2H3,(H2,17,18). The Bertz CT molecular complexity index is 774. The fourth-order valence-corrected chi connectivity index (χ4v) is 2.37. The molecule has 19 heavy (non-hydrogen) atoms. The normalized spacial score (nSPS) is 11.1. The zero-order chi connectivity index (χ0) is 13.6. The Morgan fingerprint density at radius 3 is 2.58 bits per heavy atom. The van der Waals surface area contributed by atoms with E-state index in [1.807, 2.05) is 22.8 Å². The van der Waals surface area contributed by atoms with Crippen molar-refractivity contribution in [1.82, 2.24) is 9.55 Å². The second kappa shape index (κ2) is 4.28. The van der Waals surface area contributed by atoms with Gasteiger partial charge >= 0.3 is 0 Å². The monoisotopic (exact) mass is 271 g/mol. The Balaban J connectivity index is 2.29. The summed E-state index contributed by atoms with van der Waals surface area (Å²) < 4.78 is 1.94. The number of hydrogen-bond acceptors (Lipinski definition) is 2. The minimum absolute atomic E-state index is 0.473. The molecule has 0 aliphatic heterocycles. The van der Waals surface area contributed by atoms with Crippen molar-refractivity contribution >= 4 is 28.6 Å². The fourth-order valence-electron chi connectivity index (χ4n) is 2.21. The molecule has 0 aliphatic carbocycles. The van der Waals surface area contributed by atoms with Crippen molar-refractivity contribution < 1.29 is 0 Å². The maximum atomic E-state index is 6.03. The third-order valence-corrected chi connectivity index (χ3v) is 3.63. The molecule has 3 nitrogen and oxygen atoms in total. The van der Waals surface area contributed by atoms with E-state index < -0.39 is 0 Å². The molecule has 0 saturated heterocycles. The van der Waals surface area contributed by atoms with Crippen molar-refractivity contribution in [2.45, 2.75) is 13.8 Å². The van der Waals surface area contributed by atoms with Crippen molar-refractivity contribution in [2.75, 3.05) is 5.73 Å². The number of rotatable bonds is 1. The number of nitrogens with zero attached hydrogens (tertiary/aromatic N) is 2. The number of nitrogen functional groups attached to an aromatic ring is 1. The topological polar surface area (TPSA) is 43.8 Å². The lowest BCUT2D eigenvalue weighted by atomic mass is 10.1. The Morgan fingerprint density at radius 2 is 1.84 bits per heavy atom. The molecule has 0 unspecified atom stereocenters. The molecule has 0 bridgehead atoms. The number of fused-ring (bicyclic) bond motifs is 1. The molecule has 0 fully saturated rings. The SMILES string of the molecule is Cc1ccc(-n2c(N)nc3cc(Cl)ccc32)cc1C. The van der Waals surface area contributed by atoms with E-state index in [4.69, 9.17) is 17.3 Å². The summed E-state index contributed by atoms with van der Waals surface area (Å²) >= 11 is 5.98. The number of nitrogens with two attached hydrogens (primary N) is 1. The van der Waals surface area contributed by atoms with Crippen molar-refractivity contribution in [3.63, 3.8) is 0 Å². The van der Waals surface area contributed by atoms with Gasteiger partial charge in [-0.05, 0) is 55.3 Å². The summed E-state index contributed by atoms with van der Waals surface area (Å²) in [6.07, 6.45) is 0. The van der Waals surface area contributed by atoms with Gasteiger partial charge in [-0.15, -0.1) is 0 Å². The number of anilines is 1. The van der Waals surface area contributed by atoms with Gasteiger partial charge in [0.1, 0.15) is 0 Å². The average Bonchev–Trinajstić information content (AvgIpc) is 2.68. The van der Waals surface area contributed by atoms with Gasteiger partial charge in [-0.1, -0.05) is 17.7 Å². The zero-order valence-electron chi connectivity index (χ0n) is 10.8. The van der Waals surface area contributed by atoms with E-state index >= 15 is 0 Å². The van der Waals surface area contributed by atoms with Crippen molar-refractivity contribution in [1.29, 1.82) is 0 Å². The Labute approximate surface area is 116 Å². The second-order valence-electron chi connectivity index (χ2n) is 4.71. The summed E-state index contributed by atoms with van der Waals surface area (Å²) in [6.45, 7) is 4.18. The van der Waals surface area contributed by atoms with Crippen LogP contribution in [0.4, 0.5) is 5.95 Å². The molecule has 1 heterocycles. The Kier molecular flexibility index (Phi) is 2.72. The van der Waals surface area contributed by atoms with Gasteiger partial charge in [0.05, 0.1) is 11.0 Å². The molecule has 0 spiro atoms. The minimum atomic E-state index is 0.473. The number of aromatic nitrogens is 2. The van der Waals surface area contributed by atoms with Crippen LogP contribution in [0.5, 0.6) is 0 Å². The van der Waals surface area contributed by atoms with Crippen LogP contribution >= 0.6 is 11.6 Å². The van der Waals surface area contributed by atoms with Gasteiger partial charge in [0.2, 0.25) is 5.95 Å². The largest absolute Gasteiger partial charge is 0.369 e. The summed E-state index contributed by atoms with van der Waals surface area (Å²) in [5.74, 6) is 0.473. The van der Waals surface area contributed by atoms with Crippen molar-refractivity contribution in [2.24, 2.45) is 0 Å². The van der Waals surface area contributed by atoms with Gasteiger partial charge in [0.25, 0.3) is 0 Å². The molecule has 4 heteroatoms. The molecule has 1 aromatic heterocycles. The Morgan fingerprint density at radius 1 is 1.05 bits per heavy atom. The zero-order valence-corrected chi connectivity index (χ0v) is 11.6. The second-order valence-corrected chi connectivity index (χ2v) is 5.14. The van der Waals surface area contributed by atoms with Gasteiger partial charge in [0.15, 0.2) is 0 Å². The molecule has 0 atom stereocenters. The summed E-state index contributed by atoms with van der Waals surface area (Å²) in [7, 11) is 0. The predicted octanol–water partition coefficient (Wildman–Crippen LogP) is 3.88. The molecule has 0 saturated carbocycles. The molecule has 0 aliphatic rings. The summed E-state index contributed by atoms with van der Waals surface area (Å²) in [6, 6.07) is 11.9. The van der Waals surface area contributed by atoms with Crippen LogP contribution < -0.4 is 5.73 Å². The maximum Gasteiger partial charge on any atom is 0.205 e. The highest BCUT2D eigenvalue weighted by atomic mass is 35.5. The summed E-state index contributed by atoms with van der Waals surface area (Å²) in [5, 5.41) is 0.664. The van der Waals surface area contributed by atoms with Crippen molar-refractivity contribution in [3.05, 3.63) is 52.5 Å². The van der Waals surface area contributed by atoms with Gasteiger partial charge in [-0.3, -0.25) is 4.57 Å². The van der Waals surface area contributed by atoms with Gasteiger partial charge in [-0.2, -0.15) is 0 Å². The lowest BCUT2D eigenvalue weighted by Crippen LogP contribution is -2.01. The average molecular weight is 272 g/mol. The van der Waals surface area contributed by atoms with Crippen LogP contribution in [0.25, 0.3) is 16.7 Å². The highest BCUT2D eigenvalue weighted by Gasteiger charge is 2.10. The van der Waals surface area contributed by atoms with E-state index in [1.165, 1.54) is 11.1 Å². The third-order valence-electron chi connectivity index (χ3n) is 3.39. The molecule has 0 amide bonds. The van der Waals surface area contributed by atoms with E-state index in [0.29, 0.717) is 11.0 Å². The first-order valence-electron chi connectivity index (χ1n) is 6.07. The lowest BCUT2D eigenvalue weighted by molar-refractivity contribution is 1.10. The summed E-state index contributed by atoms with van der Waals surface area (Å²) in [5.41, 5.74) is 11.3. The minimum Gasteiger partial charge on any atom is -0.369 e. The number of aryl methyl sites for hydroxylation is 2. The van der Waals surface area contributed by atoms with Gasteiger partial charge in [-0.25, -0.2) is 4.98 Å². The van der Waals surface area contributed by atoms with E-state index in [1.54, 1.807) is 0 Å². The van der Waals surface area contributed by atoms with Crippen LogP contribution in [0, 0.1) is 13.8 Å². The molecular weight excluding hydrogens is 258 g/mol. The number of halogens is 1. The fraction of sp³-hybridized carbons (Fsp3) is 0.133. The quantitative estimate of drug-likeness (QED) is 0.730. The first-order chi connectivity index (χ1) is 9.06. The predicted molar refractivity (Wildman–Crippen MR) is 80.0 cm³/mol. The molecule has 2 N–H and O–H groups in total.